The van der Waals surface area contributed by atoms with Crippen molar-refractivity contribution in [1.82, 2.24) is 14.8 Å². The van der Waals surface area contributed by atoms with Crippen LogP contribution in [0.4, 0.5) is 8.78 Å². The van der Waals surface area contributed by atoms with Crippen molar-refractivity contribution in [1.29, 1.82) is 0 Å². The molecular weight excluding hydrogens is 308 g/mol. The van der Waals surface area contributed by atoms with Crippen LogP contribution in [-0.4, -0.2) is 14.8 Å². The summed E-state index contributed by atoms with van der Waals surface area (Å²) in [4.78, 5) is 4.05. The molecule has 1 heterocycles. The fraction of sp³-hybridized carbons (Fsp3) is 0.273. The van der Waals surface area contributed by atoms with E-state index in [0.29, 0.717) is 4.73 Å². The number of rotatable bonds is 3. The van der Waals surface area contributed by atoms with Gasteiger partial charge in [0, 0.05) is 6.07 Å². The molecule has 1 aliphatic carbocycles. The van der Waals surface area contributed by atoms with Crippen LogP contribution in [0.25, 0.3) is 0 Å². The van der Waals surface area contributed by atoms with Gasteiger partial charge in [0.1, 0.15) is 5.75 Å². The van der Waals surface area contributed by atoms with Gasteiger partial charge < -0.3 is 4.74 Å². The summed E-state index contributed by atoms with van der Waals surface area (Å²) >= 11 is 3.16. The van der Waals surface area contributed by atoms with Crippen molar-refractivity contribution in [2.24, 2.45) is 0 Å². The molecule has 0 radical (unpaired) electrons. The molecule has 0 aliphatic heterocycles. The van der Waals surface area contributed by atoms with Crippen molar-refractivity contribution in [2.45, 2.75) is 18.9 Å². The molecule has 0 amide bonds. The third-order valence-electron chi connectivity index (χ3n) is 2.57. The fourth-order valence-electron chi connectivity index (χ4n) is 1.56. The number of hydrogen-bond acceptors (Lipinski definition) is 3. The van der Waals surface area contributed by atoms with Crippen LogP contribution >= 0.6 is 15.9 Å². The van der Waals surface area contributed by atoms with Gasteiger partial charge in [-0.15, -0.1) is 5.10 Å². The van der Waals surface area contributed by atoms with Crippen LogP contribution in [0.1, 0.15) is 18.9 Å². The van der Waals surface area contributed by atoms with Gasteiger partial charge in [-0.3, -0.25) is 0 Å². The largest absolute Gasteiger partial charge is 0.424 e. The molecule has 0 saturated heterocycles. The summed E-state index contributed by atoms with van der Waals surface area (Å²) in [7, 11) is 0. The summed E-state index contributed by atoms with van der Waals surface area (Å²) in [5.74, 6) is -1.67. The van der Waals surface area contributed by atoms with E-state index in [1.54, 1.807) is 4.68 Å². The van der Waals surface area contributed by atoms with Crippen LogP contribution in [-0.2, 0) is 0 Å². The number of nitrogens with zero attached hydrogens (tertiary/aromatic N) is 3. The molecule has 1 aromatic carbocycles. The Hall–Kier alpha value is -1.50. The first-order chi connectivity index (χ1) is 8.63. The van der Waals surface area contributed by atoms with E-state index in [1.807, 2.05) is 0 Å². The van der Waals surface area contributed by atoms with Crippen molar-refractivity contribution >= 4 is 15.9 Å². The van der Waals surface area contributed by atoms with Crippen molar-refractivity contribution in [3.63, 3.8) is 0 Å². The maximum atomic E-state index is 13.1. The summed E-state index contributed by atoms with van der Waals surface area (Å²) in [6.07, 6.45) is 2.04. The third-order valence-corrected chi connectivity index (χ3v) is 2.90. The summed E-state index contributed by atoms with van der Waals surface area (Å²) in [5.41, 5.74) is 0. The highest BCUT2D eigenvalue weighted by Crippen LogP contribution is 2.38. The van der Waals surface area contributed by atoms with Crippen molar-refractivity contribution in [2.75, 3.05) is 0 Å². The monoisotopic (exact) mass is 315 g/mol. The Morgan fingerprint density at radius 1 is 1.28 bits per heavy atom. The summed E-state index contributed by atoms with van der Waals surface area (Å²) in [6, 6.07) is 3.89. The number of halogens is 3. The van der Waals surface area contributed by atoms with E-state index >= 15 is 0 Å². The van der Waals surface area contributed by atoms with Gasteiger partial charge in [0.2, 0.25) is 4.73 Å². The van der Waals surface area contributed by atoms with Crippen LogP contribution in [0.5, 0.6) is 11.8 Å². The van der Waals surface area contributed by atoms with Gasteiger partial charge in [-0.1, -0.05) is 0 Å². The first kappa shape index (κ1) is 11.6. The van der Waals surface area contributed by atoms with Crippen molar-refractivity contribution in [3.8, 4) is 11.8 Å². The number of hydrogen-bond donors (Lipinski definition) is 0. The van der Waals surface area contributed by atoms with Gasteiger partial charge in [-0.2, -0.15) is 4.98 Å². The molecule has 7 heteroatoms. The second-order valence-electron chi connectivity index (χ2n) is 4.02. The lowest BCUT2D eigenvalue weighted by Crippen LogP contribution is -2.00. The standard InChI is InChI=1S/C11H8BrF2N3O/c12-10-15-11(17(16-10)6-1-2-6)18-7-3-4-8(13)9(14)5-7/h3-6H,1-2H2. The molecule has 1 aromatic heterocycles. The van der Waals surface area contributed by atoms with E-state index < -0.39 is 11.6 Å². The first-order valence-corrected chi connectivity index (χ1v) is 6.18. The zero-order valence-corrected chi connectivity index (χ0v) is 10.7. The quantitative estimate of drug-likeness (QED) is 0.871. The van der Waals surface area contributed by atoms with Gasteiger partial charge in [-0.05, 0) is 40.9 Å². The maximum Gasteiger partial charge on any atom is 0.321 e. The highest BCUT2D eigenvalue weighted by molar-refractivity contribution is 9.10. The molecule has 18 heavy (non-hydrogen) atoms. The van der Waals surface area contributed by atoms with E-state index in [9.17, 15) is 8.78 Å². The molecule has 2 aromatic rings. The minimum atomic E-state index is -0.955. The summed E-state index contributed by atoms with van der Waals surface area (Å²) in [5, 5.41) is 4.14. The number of benzene rings is 1. The van der Waals surface area contributed by atoms with E-state index in [4.69, 9.17) is 4.74 Å². The highest BCUT2D eigenvalue weighted by atomic mass is 79.9. The highest BCUT2D eigenvalue weighted by Gasteiger charge is 2.29. The normalized spacial score (nSPS) is 14.8. The van der Waals surface area contributed by atoms with E-state index in [2.05, 4.69) is 26.0 Å². The molecule has 1 fully saturated rings. The number of ether oxygens (including phenoxy) is 1. The fourth-order valence-corrected chi connectivity index (χ4v) is 1.88. The van der Waals surface area contributed by atoms with Gasteiger partial charge in [0.05, 0.1) is 6.04 Å². The van der Waals surface area contributed by atoms with Crippen LogP contribution in [0.3, 0.4) is 0 Å². The second-order valence-corrected chi connectivity index (χ2v) is 4.73. The van der Waals surface area contributed by atoms with Crippen molar-refractivity contribution < 1.29 is 13.5 Å². The lowest BCUT2D eigenvalue weighted by Gasteiger charge is -2.06. The Labute approximate surface area is 110 Å². The average Bonchev–Trinajstić information content (AvgIpc) is 3.09. The summed E-state index contributed by atoms with van der Waals surface area (Å²) < 4.78 is 33.3. The van der Waals surface area contributed by atoms with Crippen LogP contribution < -0.4 is 4.74 Å². The molecule has 4 nitrogen and oxygen atoms in total. The Morgan fingerprint density at radius 2 is 2.06 bits per heavy atom. The molecule has 0 unspecified atom stereocenters. The third kappa shape index (κ3) is 2.22. The Bertz CT molecular complexity index is 598. The van der Waals surface area contributed by atoms with E-state index in [-0.39, 0.29) is 17.8 Å². The van der Waals surface area contributed by atoms with Crippen molar-refractivity contribution in [3.05, 3.63) is 34.6 Å². The Morgan fingerprint density at radius 3 is 2.72 bits per heavy atom. The minimum Gasteiger partial charge on any atom is -0.424 e. The molecular formula is C11H8BrF2N3O. The molecule has 3 rings (SSSR count). The average molecular weight is 316 g/mol. The molecule has 1 aliphatic rings. The van der Waals surface area contributed by atoms with Gasteiger partial charge in [-0.25, -0.2) is 13.5 Å². The van der Waals surface area contributed by atoms with E-state index in [1.165, 1.54) is 6.07 Å². The molecule has 94 valence electrons. The van der Waals surface area contributed by atoms with Gasteiger partial charge in [0.25, 0.3) is 0 Å². The smallest absolute Gasteiger partial charge is 0.321 e. The lowest BCUT2D eigenvalue weighted by atomic mass is 10.3. The number of aromatic nitrogens is 3. The predicted molar refractivity (Wildman–Crippen MR) is 62.4 cm³/mol. The lowest BCUT2D eigenvalue weighted by molar-refractivity contribution is 0.393. The van der Waals surface area contributed by atoms with Gasteiger partial charge >= 0.3 is 6.01 Å². The second kappa shape index (κ2) is 4.31. The van der Waals surface area contributed by atoms with Crippen LogP contribution in [0.15, 0.2) is 22.9 Å². The zero-order chi connectivity index (χ0) is 12.7. The maximum absolute atomic E-state index is 13.1. The SMILES string of the molecule is Fc1ccc(Oc2nc(Br)nn2C2CC2)cc1F. The summed E-state index contributed by atoms with van der Waals surface area (Å²) in [6.45, 7) is 0. The molecule has 1 saturated carbocycles. The molecule has 0 spiro atoms. The minimum absolute atomic E-state index is 0.190. The Balaban J connectivity index is 1.89. The molecule has 0 atom stereocenters. The Kier molecular flexibility index (Phi) is 2.77. The molecule has 0 bridgehead atoms. The topological polar surface area (TPSA) is 39.9 Å². The van der Waals surface area contributed by atoms with Crippen LogP contribution in [0, 0.1) is 11.6 Å². The zero-order valence-electron chi connectivity index (χ0n) is 9.11. The molecule has 0 N–H and O–H groups in total. The van der Waals surface area contributed by atoms with E-state index in [0.717, 1.165) is 25.0 Å². The van der Waals surface area contributed by atoms with Gasteiger partial charge in [0.15, 0.2) is 11.6 Å². The first-order valence-electron chi connectivity index (χ1n) is 5.38. The predicted octanol–water partition coefficient (Wildman–Crippen LogP) is 3.45. The van der Waals surface area contributed by atoms with Crippen LogP contribution in [0.2, 0.25) is 0 Å².